The van der Waals surface area contributed by atoms with Gasteiger partial charge in [0.15, 0.2) is 0 Å². The molecule has 2 aromatic rings. The van der Waals surface area contributed by atoms with Crippen molar-refractivity contribution in [1.82, 2.24) is 10.2 Å². The number of carbonyl (C=O) groups excluding carboxylic acids is 1. The summed E-state index contributed by atoms with van der Waals surface area (Å²) in [6, 6.07) is 14.6. The van der Waals surface area contributed by atoms with E-state index in [1.165, 1.54) is 0 Å². The van der Waals surface area contributed by atoms with E-state index in [-0.39, 0.29) is 23.7 Å². The lowest BCUT2D eigenvalue weighted by Crippen LogP contribution is -2.53. The third kappa shape index (κ3) is 4.41. The predicted molar refractivity (Wildman–Crippen MR) is 131 cm³/mol. The van der Waals surface area contributed by atoms with E-state index in [1.54, 1.807) is 0 Å². The molecule has 6 heteroatoms. The number of carbonyl (C=O) groups is 1. The van der Waals surface area contributed by atoms with Gasteiger partial charge in [-0.05, 0) is 61.2 Å². The number of piperidine rings is 3. The van der Waals surface area contributed by atoms with Crippen molar-refractivity contribution in [1.29, 1.82) is 0 Å². The highest BCUT2D eigenvalue weighted by atomic mass is 16.6. The molecule has 1 N–H and O–H groups in total. The Morgan fingerprint density at radius 1 is 1.12 bits per heavy atom. The van der Waals surface area contributed by atoms with Crippen LogP contribution in [0.1, 0.15) is 38.3 Å². The molecule has 0 aromatic heterocycles. The predicted octanol–water partition coefficient (Wildman–Crippen LogP) is 4.70. The molecule has 33 heavy (non-hydrogen) atoms. The topological polar surface area (TPSA) is 54.0 Å². The maximum absolute atomic E-state index is 12.9. The largest absolute Gasteiger partial charge is 0.493 e. The molecule has 3 saturated heterocycles. The monoisotopic (exact) mass is 449 g/mol. The molecular formula is C27H35N3O3. The minimum absolute atomic E-state index is 0.00118. The first kappa shape index (κ1) is 22.1. The van der Waals surface area contributed by atoms with Gasteiger partial charge in [-0.3, -0.25) is 4.90 Å². The van der Waals surface area contributed by atoms with Crippen LogP contribution in [0.5, 0.6) is 5.75 Å². The third-order valence-corrected chi connectivity index (χ3v) is 7.52. The second kappa shape index (κ2) is 8.56. The Hall–Kier alpha value is -2.73. The molecular weight excluding hydrogens is 414 g/mol. The molecule has 2 aromatic carbocycles. The zero-order valence-corrected chi connectivity index (χ0v) is 20.1. The fourth-order valence-electron chi connectivity index (χ4n) is 5.42. The molecule has 6 rings (SSSR count). The lowest BCUT2D eigenvalue weighted by Gasteiger charge is -2.44. The number of alkyl carbamates (subject to hydrolysis) is 1. The van der Waals surface area contributed by atoms with Crippen molar-refractivity contribution in [3.8, 4) is 16.9 Å². The lowest BCUT2D eigenvalue weighted by molar-refractivity contribution is -0.0361. The molecule has 1 amide bonds. The number of hydrogen-bond donors (Lipinski definition) is 1. The van der Waals surface area contributed by atoms with Crippen LogP contribution >= 0.6 is 0 Å². The summed E-state index contributed by atoms with van der Waals surface area (Å²) < 4.78 is 12.1. The third-order valence-electron chi connectivity index (χ3n) is 7.52. The summed E-state index contributed by atoms with van der Waals surface area (Å²) in [5.74, 6) is 1.33. The molecule has 0 spiro atoms. The molecule has 4 heterocycles. The van der Waals surface area contributed by atoms with Gasteiger partial charge in [0.05, 0.1) is 12.6 Å². The summed E-state index contributed by atoms with van der Waals surface area (Å²) in [6.07, 6.45) is 1.94. The van der Waals surface area contributed by atoms with Crippen LogP contribution in [0.4, 0.5) is 10.5 Å². The van der Waals surface area contributed by atoms with Crippen molar-refractivity contribution < 1.29 is 14.3 Å². The zero-order valence-electron chi connectivity index (χ0n) is 20.1. The van der Waals surface area contributed by atoms with Crippen molar-refractivity contribution in [2.75, 3.05) is 45.2 Å². The number of anilines is 1. The smallest absolute Gasteiger partial charge is 0.407 e. The van der Waals surface area contributed by atoms with E-state index in [9.17, 15) is 4.79 Å². The number of nitrogens with one attached hydrogen (secondary N) is 1. The quantitative estimate of drug-likeness (QED) is 0.733. The van der Waals surface area contributed by atoms with E-state index in [0.29, 0.717) is 12.5 Å². The second-order valence-corrected chi connectivity index (χ2v) is 10.6. The lowest BCUT2D eigenvalue weighted by atomic mass is 9.78. The number of hydrogen-bond acceptors (Lipinski definition) is 5. The highest BCUT2D eigenvalue weighted by molar-refractivity contribution is 5.72. The van der Waals surface area contributed by atoms with Crippen LogP contribution in [0, 0.1) is 11.3 Å². The minimum atomic E-state index is -0.317. The molecule has 6 nitrogen and oxygen atoms in total. The van der Waals surface area contributed by atoms with Crippen LogP contribution in [-0.2, 0) is 4.74 Å². The molecule has 4 aliphatic heterocycles. The van der Waals surface area contributed by atoms with Gasteiger partial charge < -0.3 is 19.7 Å². The Morgan fingerprint density at radius 3 is 2.58 bits per heavy atom. The maximum atomic E-state index is 12.9. The number of ether oxygens (including phenoxy) is 2. The summed E-state index contributed by atoms with van der Waals surface area (Å²) in [7, 11) is 4.09. The van der Waals surface area contributed by atoms with Gasteiger partial charge in [-0.25, -0.2) is 4.79 Å². The van der Waals surface area contributed by atoms with Gasteiger partial charge in [0.1, 0.15) is 11.9 Å². The van der Waals surface area contributed by atoms with Crippen molar-refractivity contribution in [2.45, 2.75) is 38.8 Å². The van der Waals surface area contributed by atoms with Gasteiger partial charge in [-0.15, -0.1) is 0 Å². The van der Waals surface area contributed by atoms with Crippen molar-refractivity contribution in [3.63, 3.8) is 0 Å². The first-order valence-corrected chi connectivity index (χ1v) is 12.0. The van der Waals surface area contributed by atoms with Gasteiger partial charge >= 0.3 is 6.09 Å². The summed E-state index contributed by atoms with van der Waals surface area (Å²) in [6.45, 7) is 7.92. The molecule has 0 radical (unpaired) electrons. The Bertz CT molecular complexity index is 1030. The van der Waals surface area contributed by atoms with Crippen LogP contribution in [0.15, 0.2) is 42.5 Å². The van der Waals surface area contributed by atoms with Crippen LogP contribution in [0.2, 0.25) is 0 Å². The maximum Gasteiger partial charge on any atom is 0.407 e. The Balaban J connectivity index is 1.35. The molecule has 176 valence electrons. The van der Waals surface area contributed by atoms with Gasteiger partial charge in [-0.1, -0.05) is 38.1 Å². The summed E-state index contributed by atoms with van der Waals surface area (Å²) in [4.78, 5) is 17.4. The average molecular weight is 450 g/mol. The van der Waals surface area contributed by atoms with Crippen LogP contribution in [0.25, 0.3) is 11.1 Å². The number of benzene rings is 2. The van der Waals surface area contributed by atoms with E-state index in [0.717, 1.165) is 60.6 Å². The van der Waals surface area contributed by atoms with E-state index < -0.39 is 0 Å². The fraction of sp³-hybridized carbons (Fsp3) is 0.519. The summed E-state index contributed by atoms with van der Waals surface area (Å²) >= 11 is 0. The van der Waals surface area contributed by atoms with Crippen molar-refractivity contribution >= 4 is 11.8 Å². The average Bonchev–Trinajstić information content (AvgIpc) is 2.81. The molecule has 4 aliphatic rings. The normalized spacial score (nSPS) is 27.3. The Kier molecular flexibility index (Phi) is 5.73. The molecule has 2 atom stereocenters. The number of fused-ring (bicyclic) bond motifs is 4. The summed E-state index contributed by atoms with van der Waals surface area (Å²) in [5.41, 5.74) is 4.16. The van der Waals surface area contributed by atoms with Gasteiger partial charge in [0.25, 0.3) is 0 Å². The standard InChI is InChI=1S/C27H35N3O3/c1-27(2)17-32-23-15-20(19-6-5-7-21(14-19)29(3)4)8-9-22(23)25(27)28-26(31)33-24-16-30-12-10-18(24)11-13-30/h5-9,14-15,18,24-25H,10-13,16-17H2,1-4H3,(H,28,31)/t24-,25?/m0/s1. The van der Waals surface area contributed by atoms with Crippen molar-refractivity contribution in [2.24, 2.45) is 11.3 Å². The van der Waals surface area contributed by atoms with Crippen LogP contribution in [0.3, 0.4) is 0 Å². The van der Waals surface area contributed by atoms with Crippen LogP contribution in [-0.4, -0.2) is 57.4 Å². The molecule has 3 fully saturated rings. The van der Waals surface area contributed by atoms with E-state index in [2.05, 4.69) is 71.4 Å². The molecule has 2 bridgehead atoms. The Morgan fingerprint density at radius 2 is 1.88 bits per heavy atom. The van der Waals surface area contributed by atoms with Gasteiger partial charge in [0.2, 0.25) is 0 Å². The highest BCUT2D eigenvalue weighted by Gasteiger charge is 2.41. The SMILES string of the molecule is CN(C)c1cccc(-c2ccc3c(c2)OCC(C)(C)C3NC(=O)O[C@H]2CN3CCC2CC3)c1. The Labute approximate surface area is 196 Å². The molecule has 0 aliphatic carbocycles. The highest BCUT2D eigenvalue weighted by Crippen LogP contribution is 2.44. The number of amides is 1. The zero-order chi connectivity index (χ0) is 23.2. The summed E-state index contributed by atoms with van der Waals surface area (Å²) in [5, 5.41) is 3.19. The van der Waals surface area contributed by atoms with Crippen molar-refractivity contribution in [3.05, 3.63) is 48.0 Å². The minimum Gasteiger partial charge on any atom is -0.493 e. The second-order valence-electron chi connectivity index (χ2n) is 10.6. The van der Waals surface area contributed by atoms with E-state index in [1.807, 2.05) is 14.1 Å². The van der Waals surface area contributed by atoms with Crippen LogP contribution < -0.4 is 15.0 Å². The number of rotatable bonds is 4. The first-order chi connectivity index (χ1) is 15.8. The van der Waals surface area contributed by atoms with E-state index in [4.69, 9.17) is 9.47 Å². The van der Waals surface area contributed by atoms with Gasteiger partial charge in [0, 0.05) is 37.3 Å². The first-order valence-electron chi connectivity index (χ1n) is 12.0. The molecule has 1 unspecified atom stereocenters. The molecule has 0 saturated carbocycles. The number of nitrogens with zero attached hydrogens (tertiary/aromatic N) is 2. The fourth-order valence-corrected chi connectivity index (χ4v) is 5.42. The van der Waals surface area contributed by atoms with E-state index >= 15 is 0 Å². The van der Waals surface area contributed by atoms with Gasteiger partial charge in [-0.2, -0.15) is 0 Å².